The quantitative estimate of drug-likeness (QED) is 0.691. The second-order valence-electron chi connectivity index (χ2n) is 7.31. The van der Waals surface area contributed by atoms with Crippen LogP contribution in [0.5, 0.6) is 0 Å². The van der Waals surface area contributed by atoms with E-state index in [1.807, 2.05) is 54.1 Å². The monoisotopic (exact) mass is 393 g/mol. The highest BCUT2D eigenvalue weighted by molar-refractivity contribution is 7.08. The van der Waals surface area contributed by atoms with Crippen LogP contribution in [0, 0.1) is 5.92 Å². The molecule has 144 valence electrons. The number of esters is 1. The fourth-order valence-corrected chi connectivity index (χ4v) is 4.82. The molecule has 4 rings (SSSR count). The van der Waals surface area contributed by atoms with Crippen LogP contribution in [0.25, 0.3) is 0 Å². The average Bonchev–Trinajstić information content (AvgIpc) is 3.22. The Morgan fingerprint density at radius 3 is 2.79 bits per heavy atom. The first kappa shape index (κ1) is 18.8. The van der Waals surface area contributed by atoms with Crippen molar-refractivity contribution in [1.29, 1.82) is 0 Å². The molecule has 1 aliphatic carbocycles. The number of hydrogen-bond acceptors (Lipinski definition) is 5. The lowest BCUT2D eigenvalue weighted by Gasteiger charge is -2.33. The van der Waals surface area contributed by atoms with Crippen LogP contribution in [0.15, 0.2) is 63.4 Å². The number of ketones is 1. The molecule has 2 heterocycles. The summed E-state index contributed by atoms with van der Waals surface area (Å²) >= 11 is 1.58. The van der Waals surface area contributed by atoms with Crippen LogP contribution in [-0.4, -0.2) is 24.1 Å². The molecule has 28 heavy (non-hydrogen) atoms. The molecular formula is C23H23NO3S. The summed E-state index contributed by atoms with van der Waals surface area (Å²) in [5, 5.41) is 4.02. The summed E-state index contributed by atoms with van der Waals surface area (Å²) in [4.78, 5) is 30.4. The van der Waals surface area contributed by atoms with Gasteiger partial charge in [-0.25, -0.2) is 0 Å². The molecule has 0 saturated carbocycles. The Hall–Kier alpha value is -2.53. The SMILES string of the molecule is CC1=NC2=C(C(=O)CCC2)[C@H](c2ccsc2)C1C(=O)OCCc1ccccc1. The highest BCUT2D eigenvalue weighted by atomic mass is 32.1. The number of carbonyl (C=O) groups is 2. The number of thiophene rings is 1. The van der Waals surface area contributed by atoms with E-state index in [4.69, 9.17) is 4.74 Å². The number of aliphatic imine (C=N–C) groups is 1. The van der Waals surface area contributed by atoms with E-state index in [-0.39, 0.29) is 17.7 Å². The fourth-order valence-electron chi connectivity index (χ4n) is 4.13. The van der Waals surface area contributed by atoms with Gasteiger partial charge in [-0.2, -0.15) is 11.3 Å². The number of ether oxygens (including phenoxy) is 1. The average molecular weight is 394 g/mol. The van der Waals surface area contributed by atoms with E-state index in [2.05, 4.69) is 4.99 Å². The molecule has 2 aliphatic rings. The lowest BCUT2D eigenvalue weighted by molar-refractivity contribution is -0.146. The number of hydrogen-bond donors (Lipinski definition) is 0. The van der Waals surface area contributed by atoms with Crippen LogP contribution < -0.4 is 0 Å². The predicted octanol–water partition coefficient (Wildman–Crippen LogP) is 4.72. The summed E-state index contributed by atoms with van der Waals surface area (Å²) in [6, 6.07) is 12.0. The zero-order valence-electron chi connectivity index (χ0n) is 15.9. The maximum absolute atomic E-state index is 13.1. The molecule has 1 aromatic heterocycles. The Labute approximate surface area is 169 Å². The summed E-state index contributed by atoms with van der Waals surface area (Å²) in [6.45, 7) is 2.20. The van der Waals surface area contributed by atoms with E-state index >= 15 is 0 Å². The second kappa shape index (κ2) is 8.23. The van der Waals surface area contributed by atoms with E-state index in [1.54, 1.807) is 11.3 Å². The first-order chi connectivity index (χ1) is 13.6. The number of allylic oxidation sites excluding steroid dienone is 2. The third kappa shape index (κ3) is 3.72. The molecule has 0 radical (unpaired) electrons. The maximum atomic E-state index is 13.1. The first-order valence-electron chi connectivity index (χ1n) is 9.69. The van der Waals surface area contributed by atoms with Gasteiger partial charge in [0.25, 0.3) is 0 Å². The van der Waals surface area contributed by atoms with Gasteiger partial charge in [-0.05, 0) is 47.7 Å². The molecule has 0 fully saturated rings. The topological polar surface area (TPSA) is 55.7 Å². The van der Waals surface area contributed by atoms with Gasteiger partial charge in [-0.15, -0.1) is 0 Å². The number of rotatable bonds is 5. The van der Waals surface area contributed by atoms with Crippen molar-refractivity contribution in [2.24, 2.45) is 10.9 Å². The Morgan fingerprint density at radius 2 is 2.04 bits per heavy atom. The molecule has 1 aliphatic heterocycles. The predicted molar refractivity (Wildman–Crippen MR) is 111 cm³/mol. The highest BCUT2D eigenvalue weighted by Gasteiger charge is 2.43. The maximum Gasteiger partial charge on any atom is 0.315 e. The van der Waals surface area contributed by atoms with Crippen molar-refractivity contribution in [3.05, 3.63) is 69.6 Å². The van der Waals surface area contributed by atoms with Crippen molar-refractivity contribution in [2.75, 3.05) is 6.61 Å². The molecule has 4 nitrogen and oxygen atoms in total. The molecule has 0 bridgehead atoms. The van der Waals surface area contributed by atoms with Crippen LogP contribution >= 0.6 is 11.3 Å². The third-order valence-electron chi connectivity index (χ3n) is 5.47. The third-order valence-corrected chi connectivity index (χ3v) is 6.17. The number of nitrogens with zero attached hydrogens (tertiary/aromatic N) is 1. The molecule has 1 aromatic carbocycles. The van der Waals surface area contributed by atoms with Crippen molar-refractivity contribution in [3.8, 4) is 0 Å². The Kier molecular flexibility index (Phi) is 5.53. The zero-order valence-corrected chi connectivity index (χ0v) is 16.7. The smallest absolute Gasteiger partial charge is 0.315 e. The van der Waals surface area contributed by atoms with E-state index < -0.39 is 5.92 Å². The van der Waals surface area contributed by atoms with E-state index in [1.165, 1.54) is 0 Å². The largest absolute Gasteiger partial charge is 0.465 e. The first-order valence-corrected chi connectivity index (χ1v) is 10.6. The molecule has 2 aromatic rings. The van der Waals surface area contributed by atoms with E-state index in [9.17, 15) is 9.59 Å². The number of Topliss-reactive ketones (excluding diaryl/α,β-unsaturated/α-hetero) is 1. The molecule has 2 atom stereocenters. The van der Waals surface area contributed by atoms with Crippen molar-refractivity contribution in [3.63, 3.8) is 0 Å². The fraction of sp³-hybridized carbons (Fsp3) is 0.348. The summed E-state index contributed by atoms with van der Waals surface area (Å²) in [5.41, 5.74) is 4.46. The van der Waals surface area contributed by atoms with Crippen molar-refractivity contribution in [2.45, 2.75) is 38.5 Å². The summed E-state index contributed by atoms with van der Waals surface area (Å²) < 4.78 is 5.65. The summed E-state index contributed by atoms with van der Waals surface area (Å²) in [5.74, 6) is -0.990. The van der Waals surface area contributed by atoms with Crippen molar-refractivity contribution in [1.82, 2.24) is 0 Å². The van der Waals surface area contributed by atoms with Crippen molar-refractivity contribution < 1.29 is 14.3 Å². The lowest BCUT2D eigenvalue weighted by Crippen LogP contribution is -2.37. The molecule has 0 saturated heterocycles. The zero-order chi connectivity index (χ0) is 19.5. The molecule has 5 heteroatoms. The normalized spacial score (nSPS) is 21.9. The standard InChI is InChI=1S/C23H23NO3S/c1-15-20(23(26)27-12-10-16-6-3-2-4-7-16)21(17-11-13-28-14-17)22-18(24-15)8-5-9-19(22)25/h2-4,6-7,11,13-14,20-21H,5,8-10,12H2,1H3/t20?,21-/m1/s1. The molecular weight excluding hydrogens is 370 g/mol. The van der Waals surface area contributed by atoms with Gasteiger partial charge in [-0.3, -0.25) is 14.6 Å². The van der Waals surface area contributed by atoms with Crippen LogP contribution in [0.4, 0.5) is 0 Å². The molecule has 0 amide bonds. The number of benzene rings is 1. The van der Waals surface area contributed by atoms with Gasteiger partial charge in [0.1, 0.15) is 5.92 Å². The number of carbonyl (C=O) groups excluding carboxylic acids is 2. The Morgan fingerprint density at radius 1 is 1.21 bits per heavy atom. The van der Waals surface area contributed by atoms with Gasteiger partial charge in [0.15, 0.2) is 5.78 Å². The van der Waals surface area contributed by atoms with Crippen molar-refractivity contribution >= 4 is 28.8 Å². The van der Waals surface area contributed by atoms with E-state index in [0.717, 1.165) is 41.0 Å². The van der Waals surface area contributed by atoms with Gasteiger partial charge >= 0.3 is 5.97 Å². The van der Waals surface area contributed by atoms with Crippen LogP contribution in [-0.2, 0) is 20.7 Å². The van der Waals surface area contributed by atoms with Gasteiger partial charge in [0.2, 0.25) is 0 Å². The lowest BCUT2D eigenvalue weighted by atomic mass is 9.72. The van der Waals surface area contributed by atoms with Crippen LogP contribution in [0.3, 0.4) is 0 Å². The molecule has 0 spiro atoms. The summed E-state index contributed by atoms with van der Waals surface area (Å²) in [6.07, 6.45) is 2.83. The summed E-state index contributed by atoms with van der Waals surface area (Å²) in [7, 11) is 0. The highest BCUT2D eigenvalue weighted by Crippen LogP contribution is 2.44. The van der Waals surface area contributed by atoms with Gasteiger partial charge in [0, 0.05) is 35.7 Å². The second-order valence-corrected chi connectivity index (χ2v) is 8.09. The Bertz CT molecular complexity index is 928. The molecule has 1 unspecified atom stereocenters. The minimum Gasteiger partial charge on any atom is -0.465 e. The van der Waals surface area contributed by atoms with Crippen LogP contribution in [0.1, 0.15) is 43.2 Å². The minimum atomic E-state index is -0.536. The molecule has 0 N–H and O–H groups in total. The van der Waals surface area contributed by atoms with E-state index in [0.29, 0.717) is 19.4 Å². The van der Waals surface area contributed by atoms with Gasteiger partial charge in [0.05, 0.1) is 6.61 Å². The van der Waals surface area contributed by atoms with Gasteiger partial charge < -0.3 is 4.74 Å². The minimum absolute atomic E-state index is 0.121. The van der Waals surface area contributed by atoms with Crippen LogP contribution in [0.2, 0.25) is 0 Å². The van der Waals surface area contributed by atoms with Gasteiger partial charge in [-0.1, -0.05) is 30.3 Å². The Balaban J connectivity index is 1.58.